The van der Waals surface area contributed by atoms with Crippen molar-refractivity contribution in [2.24, 2.45) is 5.92 Å². The third kappa shape index (κ3) is 8.09. The summed E-state index contributed by atoms with van der Waals surface area (Å²) in [7, 11) is 1.60. The summed E-state index contributed by atoms with van der Waals surface area (Å²) in [6.07, 6.45) is 12.3. The fourth-order valence-corrected chi connectivity index (χ4v) is 4.00. The second-order valence-electron chi connectivity index (χ2n) is 7.95. The van der Waals surface area contributed by atoms with Gasteiger partial charge in [0, 0.05) is 32.7 Å². The first-order valence-corrected chi connectivity index (χ1v) is 11.1. The summed E-state index contributed by atoms with van der Waals surface area (Å²) in [5.41, 5.74) is 0. The number of hydrogen-bond acceptors (Lipinski definition) is 6. The molecule has 6 heteroatoms. The lowest BCUT2D eigenvalue weighted by Gasteiger charge is -2.38. The van der Waals surface area contributed by atoms with Gasteiger partial charge in [0.1, 0.15) is 0 Å². The van der Waals surface area contributed by atoms with E-state index < -0.39 is 12.4 Å². The molecular weight excluding hydrogens is 360 g/mol. The number of rotatable bonds is 12. The van der Waals surface area contributed by atoms with Gasteiger partial charge < -0.3 is 29.2 Å². The van der Waals surface area contributed by atoms with Gasteiger partial charge in [0.05, 0.1) is 18.3 Å². The van der Waals surface area contributed by atoms with Crippen LogP contribution in [-0.4, -0.2) is 61.4 Å². The van der Waals surface area contributed by atoms with E-state index in [0.717, 1.165) is 45.1 Å². The Balaban J connectivity index is 2.01. The lowest BCUT2D eigenvalue weighted by molar-refractivity contribution is -0.215. The normalized spacial score (nSPS) is 32.6. The Morgan fingerprint density at radius 1 is 1.18 bits per heavy atom. The Bertz CT molecular complexity index is 423. The monoisotopic (exact) mass is 400 g/mol. The van der Waals surface area contributed by atoms with Crippen LogP contribution in [0.3, 0.4) is 0 Å². The summed E-state index contributed by atoms with van der Waals surface area (Å²) in [5.74, 6) is -0.0444. The number of aliphatic hydroxyl groups excluding tert-OH is 2. The molecule has 164 valence electrons. The highest BCUT2D eigenvalue weighted by molar-refractivity contribution is 5.01. The van der Waals surface area contributed by atoms with Gasteiger partial charge in [-0.05, 0) is 38.5 Å². The van der Waals surface area contributed by atoms with Crippen molar-refractivity contribution in [1.82, 2.24) is 0 Å². The lowest BCUT2D eigenvalue weighted by atomic mass is 9.86. The van der Waals surface area contributed by atoms with Crippen LogP contribution in [0.2, 0.25) is 0 Å². The van der Waals surface area contributed by atoms with Crippen molar-refractivity contribution in [2.45, 2.75) is 102 Å². The molecule has 2 heterocycles. The Morgan fingerprint density at radius 2 is 2.04 bits per heavy atom. The second-order valence-corrected chi connectivity index (χ2v) is 7.95. The number of aliphatic hydroxyl groups is 2. The summed E-state index contributed by atoms with van der Waals surface area (Å²) in [5, 5.41) is 19.7. The van der Waals surface area contributed by atoms with Crippen LogP contribution in [0.5, 0.6) is 0 Å². The summed E-state index contributed by atoms with van der Waals surface area (Å²) in [6, 6.07) is 0. The molecule has 2 fully saturated rings. The summed E-state index contributed by atoms with van der Waals surface area (Å²) < 4.78 is 23.4. The van der Waals surface area contributed by atoms with Crippen LogP contribution < -0.4 is 0 Å². The maximum atomic E-state index is 10.5. The molecule has 0 aliphatic carbocycles. The molecule has 6 nitrogen and oxygen atoms in total. The first-order chi connectivity index (χ1) is 13.7. The Labute approximate surface area is 170 Å². The van der Waals surface area contributed by atoms with Crippen LogP contribution in [0, 0.1) is 5.92 Å². The van der Waals surface area contributed by atoms with Gasteiger partial charge in [-0.1, -0.05) is 38.3 Å². The molecule has 2 aliphatic rings. The first kappa shape index (κ1) is 23.8. The van der Waals surface area contributed by atoms with Gasteiger partial charge >= 0.3 is 0 Å². The van der Waals surface area contributed by atoms with E-state index >= 15 is 0 Å². The Hall–Kier alpha value is -0.500. The van der Waals surface area contributed by atoms with Crippen LogP contribution >= 0.6 is 0 Å². The number of hydrogen-bond donors (Lipinski definition) is 2. The quantitative estimate of drug-likeness (QED) is 0.385. The van der Waals surface area contributed by atoms with Gasteiger partial charge in [0.25, 0.3) is 0 Å². The molecule has 2 saturated heterocycles. The zero-order valence-corrected chi connectivity index (χ0v) is 17.6. The molecule has 0 spiro atoms. The van der Waals surface area contributed by atoms with Gasteiger partial charge in [-0.2, -0.15) is 0 Å². The van der Waals surface area contributed by atoms with Crippen LogP contribution in [0.4, 0.5) is 0 Å². The van der Waals surface area contributed by atoms with E-state index in [2.05, 4.69) is 13.0 Å². The number of methoxy groups -OCH3 is 1. The van der Waals surface area contributed by atoms with E-state index in [1.54, 1.807) is 7.11 Å². The molecule has 28 heavy (non-hydrogen) atoms. The fourth-order valence-electron chi connectivity index (χ4n) is 4.00. The molecular formula is C22H40O6. The molecule has 0 bridgehead atoms. The summed E-state index contributed by atoms with van der Waals surface area (Å²) in [6.45, 7) is 3.09. The van der Waals surface area contributed by atoms with Crippen molar-refractivity contribution < 1.29 is 29.2 Å². The molecule has 2 unspecified atom stereocenters. The Kier molecular flexibility index (Phi) is 11.6. The zero-order chi connectivity index (χ0) is 20.2. The van der Waals surface area contributed by atoms with E-state index in [9.17, 15) is 10.2 Å². The van der Waals surface area contributed by atoms with Crippen molar-refractivity contribution in [3.63, 3.8) is 0 Å². The second kappa shape index (κ2) is 13.7. The average Bonchev–Trinajstić information content (AvgIpc) is 2.71. The average molecular weight is 401 g/mol. The smallest absolute Gasteiger partial charge is 0.160 e. The molecule has 0 aromatic heterocycles. The minimum atomic E-state index is -0.499. The van der Waals surface area contributed by atoms with Crippen molar-refractivity contribution in [3.05, 3.63) is 12.2 Å². The summed E-state index contributed by atoms with van der Waals surface area (Å²) >= 11 is 0. The van der Waals surface area contributed by atoms with Crippen LogP contribution in [0.15, 0.2) is 12.2 Å². The minimum Gasteiger partial charge on any atom is -0.396 e. The third-order valence-electron chi connectivity index (χ3n) is 5.69. The molecule has 0 aromatic carbocycles. The van der Waals surface area contributed by atoms with Gasteiger partial charge in [0.2, 0.25) is 0 Å². The fraction of sp³-hybridized carbons (Fsp3) is 0.909. The standard InChI is InChI=1S/C22H40O6/c1-3-4-5-9-17(27-21-11-6-7-15-26-21)12-13-20-18(10-8-14-23)19(24)16-22(25-2)28-20/h12-13,17-24H,3-11,14-16H2,1-2H3/t17?,18-,19-,20+,21?,22-/m1/s1. The minimum absolute atomic E-state index is 0.0168. The predicted octanol–water partition coefficient (Wildman–Crippen LogP) is 3.55. The molecule has 0 saturated carbocycles. The van der Waals surface area contributed by atoms with Crippen molar-refractivity contribution in [3.8, 4) is 0 Å². The van der Waals surface area contributed by atoms with Gasteiger partial charge in [-0.15, -0.1) is 0 Å². The van der Waals surface area contributed by atoms with E-state index in [1.807, 2.05) is 6.08 Å². The molecule has 0 amide bonds. The van der Waals surface area contributed by atoms with Gasteiger partial charge in [-0.3, -0.25) is 0 Å². The topological polar surface area (TPSA) is 77.4 Å². The first-order valence-electron chi connectivity index (χ1n) is 11.1. The van der Waals surface area contributed by atoms with Crippen molar-refractivity contribution in [1.29, 1.82) is 0 Å². The maximum absolute atomic E-state index is 10.5. The number of unbranched alkanes of at least 4 members (excludes halogenated alkanes) is 2. The summed E-state index contributed by atoms with van der Waals surface area (Å²) in [4.78, 5) is 0. The number of ether oxygens (including phenoxy) is 4. The molecule has 0 radical (unpaired) electrons. The zero-order valence-electron chi connectivity index (χ0n) is 17.6. The largest absolute Gasteiger partial charge is 0.396 e. The van der Waals surface area contributed by atoms with Crippen molar-refractivity contribution >= 4 is 0 Å². The molecule has 2 aliphatic heterocycles. The molecule has 6 atom stereocenters. The van der Waals surface area contributed by atoms with E-state index in [1.165, 1.54) is 12.8 Å². The van der Waals surface area contributed by atoms with Crippen LogP contribution in [0.1, 0.15) is 71.1 Å². The van der Waals surface area contributed by atoms with E-state index in [4.69, 9.17) is 18.9 Å². The maximum Gasteiger partial charge on any atom is 0.160 e. The van der Waals surface area contributed by atoms with Crippen LogP contribution in [-0.2, 0) is 18.9 Å². The Morgan fingerprint density at radius 3 is 2.71 bits per heavy atom. The lowest BCUT2D eigenvalue weighted by Crippen LogP contribution is -2.44. The predicted molar refractivity (Wildman–Crippen MR) is 108 cm³/mol. The van der Waals surface area contributed by atoms with Gasteiger partial charge in [-0.25, -0.2) is 0 Å². The van der Waals surface area contributed by atoms with Gasteiger partial charge in [0.15, 0.2) is 12.6 Å². The highest BCUT2D eigenvalue weighted by atomic mass is 16.7. The molecule has 0 aromatic rings. The molecule has 2 rings (SSSR count). The van der Waals surface area contributed by atoms with E-state index in [0.29, 0.717) is 12.8 Å². The third-order valence-corrected chi connectivity index (χ3v) is 5.69. The van der Waals surface area contributed by atoms with E-state index in [-0.39, 0.29) is 31.0 Å². The molecule has 2 N–H and O–H groups in total. The van der Waals surface area contributed by atoms with Crippen molar-refractivity contribution in [2.75, 3.05) is 20.3 Å². The van der Waals surface area contributed by atoms with Crippen LogP contribution in [0.25, 0.3) is 0 Å². The highest BCUT2D eigenvalue weighted by Crippen LogP contribution is 2.31. The highest BCUT2D eigenvalue weighted by Gasteiger charge is 2.36. The SMILES string of the molecule is CCCCCC(C=C[C@@H]1O[C@@H](OC)C[C@@H](O)[C@H]1CCCO)OC1CCCCO1.